The highest BCUT2D eigenvalue weighted by Crippen LogP contribution is 2.21. The fourth-order valence-corrected chi connectivity index (χ4v) is 4.46. The topological polar surface area (TPSA) is 92.5 Å². The largest absolute Gasteiger partial charge is 0.356 e. The van der Waals surface area contributed by atoms with Crippen molar-refractivity contribution < 1.29 is 13.2 Å². The lowest BCUT2D eigenvalue weighted by molar-refractivity contribution is -0.126. The summed E-state index contributed by atoms with van der Waals surface area (Å²) in [6.45, 7) is 3.17. The van der Waals surface area contributed by atoms with Crippen LogP contribution < -0.4 is 11.1 Å². The van der Waals surface area contributed by atoms with Crippen LogP contribution in [0.15, 0.2) is 30.3 Å². The minimum Gasteiger partial charge on any atom is -0.356 e. The van der Waals surface area contributed by atoms with E-state index in [9.17, 15) is 13.2 Å². The number of benzene rings is 1. The second-order valence-corrected chi connectivity index (χ2v) is 8.46. The number of sulfonamides is 1. The highest BCUT2D eigenvalue weighted by atomic mass is 32.2. The van der Waals surface area contributed by atoms with E-state index in [4.69, 9.17) is 5.73 Å². The molecule has 3 N–H and O–H groups in total. The highest BCUT2D eigenvalue weighted by molar-refractivity contribution is 7.88. The van der Waals surface area contributed by atoms with Crippen LogP contribution in [-0.2, 0) is 20.6 Å². The van der Waals surface area contributed by atoms with Gasteiger partial charge in [0.2, 0.25) is 15.9 Å². The fourth-order valence-electron chi connectivity index (χ4n) is 2.85. The van der Waals surface area contributed by atoms with Crippen LogP contribution in [0.4, 0.5) is 0 Å². The summed E-state index contributed by atoms with van der Waals surface area (Å²) in [5.74, 6) is -0.375. The molecule has 1 aromatic carbocycles. The van der Waals surface area contributed by atoms with Crippen molar-refractivity contribution in [1.29, 1.82) is 0 Å². The summed E-state index contributed by atoms with van der Waals surface area (Å²) in [6.07, 6.45) is 2.15. The summed E-state index contributed by atoms with van der Waals surface area (Å²) in [5.41, 5.74) is 6.44. The second kappa shape index (κ2) is 8.60. The minimum absolute atomic E-state index is 0.0210. The summed E-state index contributed by atoms with van der Waals surface area (Å²) >= 11 is 0. The molecule has 1 aliphatic heterocycles. The number of hydrogen-bond acceptors (Lipinski definition) is 4. The molecule has 0 aliphatic carbocycles. The summed E-state index contributed by atoms with van der Waals surface area (Å²) in [6, 6.07) is 9.17. The zero-order valence-electron chi connectivity index (χ0n) is 14.1. The number of hydrogen-bond donors (Lipinski definition) is 2. The smallest absolute Gasteiger partial charge is 0.224 e. The third kappa shape index (κ3) is 5.58. The Morgan fingerprint density at radius 2 is 2.08 bits per heavy atom. The van der Waals surface area contributed by atoms with Crippen LogP contribution in [0.25, 0.3) is 0 Å². The van der Waals surface area contributed by atoms with Gasteiger partial charge in [0.15, 0.2) is 0 Å². The number of amides is 1. The van der Waals surface area contributed by atoms with Gasteiger partial charge in [-0.15, -0.1) is 0 Å². The lowest BCUT2D eigenvalue weighted by Crippen LogP contribution is -2.46. The first kappa shape index (κ1) is 18.9. The molecule has 24 heavy (non-hydrogen) atoms. The van der Waals surface area contributed by atoms with Gasteiger partial charge in [0, 0.05) is 25.7 Å². The van der Waals surface area contributed by atoms with Gasteiger partial charge < -0.3 is 11.1 Å². The van der Waals surface area contributed by atoms with Gasteiger partial charge in [0.05, 0.1) is 11.7 Å². The molecule has 0 spiro atoms. The number of nitrogens with two attached hydrogens (primary N) is 1. The second-order valence-electron chi connectivity index (χ2n) is 6.50. The quantitative estimate of drug-likeness (QED) is 0.767. The van der Waals surface area contributed by atoms with Crippen molar-refractivity contribution in [3.8, 4) is 0 Å². The molecule has 7 heteroatoms. The number of nitrogens with zero attached hydrogens (tertiary/aromatic N) is 1. The molecule has 0 aromatic heterocycles. The Morgan fingerprint density at radius 1 is 1.38 bits per heavy atom. The Kier molecular flexibility index (Phi) is 6.77. The molecule has 0 bridgehead atoms. The predicted molar refractivity (Wildman–Crippen MR) is 94.6 cm³/mol. The van der Waals surface area contributed by atoms with Crippen LogP contribution in [-0.4, -0.2) is 44.3 Å². The Balaban J connectivity index is 1.93. The maximum atomic E-state index is 12.6. The lowest BCUT2D eigenvalue weighted by Gasteiger charge is -2.31. The molecular weight excluding hydrogens is 326 g/mol. The zero-order valence-corrected chi connectivity index (χ0v) is 15.0. The van der Waals surface area contributed by atoms with Crippen molar-refractivity contribution in [2.45, 2.75) is 38.0 Å². The summed E-state index contributed by atoms with van der Waals surface area (Å²) < 4.78 is 26.7. The number of piperidine rings is 1. The van der Waals surface area contributed by atoms with Crippen LogP contribution in [0.5, 0.6) is 0 Å². The Bertz CT molecular complexity index is 632. The molecule has 0 radical (unpaired) electrons. The average molecular weight is 353 g/mol. The molecule has 134 valence electrons. The van der Waals surface area contributed by atoms with E-state index in [1.807, 2.05) is 25.1 Å². The van der Waals surface area contributed by atoms with Crippen LogP contribution in [0.3, 0.4) is 0 Å². The number of carbonyl (C=O) groups excluding carboxylic acids is 1. The number of carbonyl (C=O) groups is 1. The van der Waals surface area contributed by atoms with Crippen molar-refractivity contribution in [3.05, 3.63) is 35.9 Å². The van der Waals surface area contributed by atoms with Crippen molar-refractivity contribution >= 4 is 15.9 Å². The predicted octanol–water partition coefficient (Wildman–Crippen LogP) is 1.08. The monoisotopic (exact) mass is 353 g/mol. The molecular formula is C17H27N3O3S. The van der Waals surface area contributed by atoms with Crippen LogP contribution >= 0.6 is 0 Å². The van der Waals surface area contributed by atoms with Crippen molar-refractivity contribution in [2.75, 3.05) is 19.6 Å². The molecule has 6 nitrogen and oxygen atoms in total. The van der Waals surface area contributed by atoms with Gasteiger partial charge in [-0.05, 0) is 31.7 Å². The maximum absolute atomic E-state index is 12.6. The molecule has 1 heterocycles. The van der Waals surface area contributed by atoms with Gasteiger partial charge in [-0.2, -0.15) is 0 Å². The normalized spacial score (nSPS) is 20.5. The molecule has 1 aromatic rings. The van der Waals surface area contributed by atoms with Gasteiger partial charge in [-0.25, -0.2) is 12.7 Å². The van der Waals surface area contributed by atoms with E-state index in [-0.39, 0.29) is 30.2 Å². The Morgan fingerprint density at radius 3 is 2.75 bits per heavy atom. The van der Waals surface area contributed by atoms with Gasteiger partial charge in [-0.1, -0.05) is 30.3 Å². The summed E-state index contributed by atoms with van der Waals surface area (Å²) in [4.78, 5) is 12.2. The first-order valence-corrected chi connectivity index (χ1v) is 10.0. The van der Waals surface area contributed by atoms with E-state index in [1.54, 1.807) is 12.1 Å². The van der Waals surface area contributed by atoms with E-state index in [2.05, 4.69) is 5.32 Å². The van der Waals surface area contributed by atoms with Crippen LogP contribution in [0.2, 0.25) is 0 Å². The Hall–Kier alpha value is -1.44. The third-order valence-electron chi connectivity index (χ3n) is 4.24. The standard InChI is InChI=1S/C17H27N3O3S/c1-14(18)9-10-19-17(21)16-8-5-11-20(12-16)24(22,23)13-15-6-3-2-4-7-15/h2-4,6-7,14,16H,5,8-13,18H2,1H3,(H,19,21). The highest BCUT2D eigenvalue weighted by Gasteiger charge is 2.32. The van der Waals surface area contributed by atoms with Gasteiger partial charge in [-0.3, -0.25) is 4.79 Å². The Labute approximate surface area is 144 Å². The molecule has 1 fully saturated rings. The minimum atomic E-state index is -3.40. The van der Waals surface area contributed by atoms with Crippen LogP contribution in [0.1, 0.15) is 31.7 Å². The van der Waals surface area contributed by atoms with E-state index in [0.717, 1.165) is 12.0 Å². The van der Waals surface area contributed by atoms with Crippen molar-refractivity contribution in [3.63, 3.8) is 0 Å². The third-order valence-corrected chi connectivity index (χ3v) is 6.06. The molecule has 1 aliphatic rings. The van der Waals surface area contributed by atoms with Crippen molar-refractivity contribution in [2.24, 2.45) is 11.7 Å². The van der Waals surface area contributed by atoms with Gasteiger partial charge in [0.25, 0.3) is 0 Å². The number of nitrogens with one attached hydrogen (secondary N) is 1. The van der Waals surface area contributed by atoms with E-state index in [0.29, 0.717) is 25.9 Å². The van der Waals surface area contributed by atoms with Gasteiger partial charge in [0.1, 0.15) is 0 Å². The van der Waals surface area contributed by atoms with Crippen LogP contribution in [0, 0.1) is 5.92 Å². The first-order chi connectivity index (χ1) is 11.4. The summed E-state index contributed by atoms with van der Waals surface area (Å²) in [5, 5.41) is 2.86. The molecule has 2 atom stereocenters. The molecule has 1 saturated heterocycles. The average Bonchev–Trinajstić information content (AvgIpc) is 2.55. The molecule has 2 unspecified atom stereocenters. The van der Waals surface area contributed by atoms with E-state index < -0.39 is 10.0 Å². The van der Waals surface area contributed by atoms with Gasteiger partial charge >= 0.3 is 0 Å². The SMILES string of the molecule is CC(N)CCNC(=O)C1CCCN(S(=O)(=O)Cc2ccccc2)C1. The maximum Gasteiger partial charge on any atom is 0.224 e. The molecule has 0 saturated carbocycles. The molecule has 1 amide bonds. The van der Waals surface area contributed by atoms with E-state index >= 15 is 0 Å². The summed E-state index contributed by atoms with van der Waals surface area (Å²) in [7, 11) is -3.40. The first-order valence-electron chi connectivity index (χ1n) is 8.43. The number of rotatable bonds is 7. The van der Waals surface area contributed by atoms with E-state index in [1.165, 1.54) is 4.31 Å². The van der Waals surface area contributed by atoms with Crippen molar-refractivity contribution in [1.82, 2.24) is 9.62 Å². The fraction of sp³-hybridized carbons (Fsp3) is 0.588. The lowest BCUT2D eigenvalue weighted by atomic mass is 9.99. The molecule has 2 rings (SSSR count). The zero-order chi connectivity index (χ0) is 17.6.